The van der Waals surface area contributed by atoms with Crippen LogP contribution in [0, 0.1) is 50.7 Å². The van der Waals surface area contributed by atoms with Gasteiger partial charge in [0, 0.05) is 5.41 Å². The molecule has 1 N–H and O–H groups in total. The summed E-state index contributed by atoms with van der Waals surface area (Å²) in [6.45, 7) is 25.2. The minimum Gasteiger partial charge on any atom is -0.508 e. The smallest absolute Gasteiger partial charge is 0.205 e. The van der Waals surface area contributed by atoms with Crippen LogP contribution in [0.25, 0.3) is 0 Å². The van der Waals surface area contributed by atoms with Gasteiger partial charge in [0.05, 0.1) is 6.61 Å². The van der Waals surface area contributed by atoms with E-state index in [1.807, 2.05) is 12.1 Å². The van der Waals surface area contributed by atoms with Crippen LogP contribution in [0.1, 0.15) is 195 Å². The summed E-state index contributed by atoms with van der Waals surface area (Å²) in [6.07, 6.45) is 20.9. The highest BCUT2D eigenvalue weighted by molar-refractivity contribution is 5.32. The fourth-order valence-corrected chi connectivity index (χ4v) is 12.1. The number of phenolic OH excluding ortho intramolecular Hbond substituents is 1. The second-order valence-electron chi connectivity index (χ2n) is 23.1. The van der Waals surface area contributed by atoms with Crippen LogP contribution in [0.3, 0.4) is 0 Å². The molecule has 7 rings (SSSR count). The lowest BCUT2D eigenvalue weighted by Gasteiger charge is -2.58. The molecule has 54 heavy (non-hydrogen) atoms. The third-order valence-electron chi connectivity index (χ3n) is 14.9. The van der Waals surface area contributed by atoms with Crippen LogP contribution in [0.2, 0.25) is 0 Å². The minimum absolute atomic E-state index is 0.122. The van der Waals surface area contributed by atoms with E-state index in [9.17, 15) is 5.11 Å². The minimum atomic E-state index is -0.122. The van der Waals surface area contributed by atoms with Gasteiger partial charge in [-0.25, -0.2) is 0 Å². The van der Waals surface area contributed by atoms with Gasteiger partial charge in [0.25, 0.3) is 0 Å². The van der Waals surface area contributed by atoms with E-state index < -0.39 is 0 Å². The average molecular weight is 741 g/mol. The molecule has 3 atom stereocenters. The third-order valence-corrected chi connectivity index (χ3v) is 14.9. The van der Waals surface area contributed by atoms with Crippen molar-refractivity contribution in [1.29, 1.82) is 0 Å². The first kappa shape index (κ1) is 41.6. The highest BCUT2D eigenvalue weighted by atomic mass is 16.7. The first-order chi connectivity index (χ1) is 25.3. The van der Waals surface area contributed by atoms with Gasteiger partial charge < -0.3 is 14.6 Å². The average Bonchev–Trinajstić information content (AvgIpc) is 3.08. The van der Waals surface area contributed by atoms with Crippen molar-refractivity contribution in [2.24, 2.45) is 50.7 Å². The van der Waals surface area contributed by atoms with Crippen LogP contribution < -0.4 is 4.74 Å². The third kappa shape index (κ3) is 10.7. The lowest BCUT2D eigenvalue weighted by atomic mass is 9.49. The molecule has 5 fully saturated rings. The van der Waals surface area contributed by atoms with E-state index in [0.717, 1.165) is 48.9 Å². The van der Waals surface area contributed by atoms with E-state index in [-0.39, 0.29) is 33.4 Å². The topological polar surface area (TPSA) is 38.7 Å². The van der Waals surface area contributed by atoms with Crippen LogP contribution in [-0.4, -0.2) is 18.0 Å². The molecule has 0 aromatic heterocycles. The van der Waals surface area contributed by atoms with Crippen molar-refractivity contribution in [3.63, 3.8) is 0 Å². The number of benzene rings is 2. The fourth-order valence-electron chi connectivity index (χ4n) is 12.1. The molecular formula is C51H80O3. The van der Waals surface area contributed by atoms with E-state index in [2.05, 4.69) is 106 Å². The second-order valence-corrected chi connectivity index (χ2v) is 23.1. The Kier molecular flexibility index (Phi) is 12.7. The standard InChI is InChI=1S/C51H80O3/c1-47(2,3)34-45(50(9,10)26-25-49(7,8)35-44(48(4,5)6)40-16-20-42(52)21-17-40)41-18-22-43(23-19-41)54-46(53-27-24-36-14-12-11-13-15-36)51-31-37-28-38(32-51)30-39(29-37)33-51/h16-23,36-39,44-46,52H,11-15,24-35H2,1-10H3. The van der Waals surface area contributed by atoms with Crippen molar-refractivity contribution in [2.45, 2.75) is 190 Å². The molecule has 3 heteroatoms. The lowest BCUT2D eigenvalue weighted by Crippen LogP contribution is -2.54. The van der Waals surface area contributed by atoms with E-state index in [0.29, 0.717) is 17.6 Å². The Morgan fingerprint density at radius 1 is 0.667 bits per heavy atom. The zero-order chi connectivity index (χ0) is 38.9. The van der Waals surface area contributed by atoms with Gasteiger partial charge in [0.1, 0.15) is 11.5 Å². The van der Waals surface area contributed by atoms with Gasteiger partial charge in [0.2, 0.25) is 6.29 Å². The van der Waals surface area contributed by atoms with E-state index in [4.69, 9.17) is 9.47 Å². The van der Waals surface area contributed by atoms with Crippen molar-refractivity contribution in [3.8, 4) is 11.5 Å². The van der Waals surface area contributed by atoms with Crippen LogP contribution in [0.15, 0.2) is 48.5 Å². The molecule has 3 unspecified atom stereocenters. The van der Waals surface area contributed by atoms with Gasteiger partial charge in [-0.3, -0.25) is 0 Å². The highest BCUT2D eigenvalue weighted by Crippen LogP contribution is 2.62. The summed E-state index contributed by atoms with van der Waals surface area (Å²) in [7, 11) is 0. The highest BCUT2D eigenvalue weighted by Gasteiger charge is 2.56. The molecule has 0 heterocycles. The summed E-state index contributed by atoms with van der Waals surface area (Å²) >= 11 is 0. The Morgan fingerprint density at radius 2 is 1.20 bits per heavy atom. The van der Waals surface area contributed by atoms with Crippen molar-refractivity contribution in [1.82, 2.24) is 0 Å². The number of hydrogen-bond acceptors (Lipinski definition) is 3. The van der Waals surface area contributed by atoms with Gasteiger partial charge in [0.15, 0.2) is 0 Å². The van der Waals surface area contributed by atoms with Gasteiger partial charge in [-0.15, -0.1) is 0 Å². The molecule has 2 aromatic carbocycles. The number of aromatic hydroxyl groups is 1. The van der Waals surface area contributed by atoms with Crippen molar-refractivity contribution < 1.29 is 14.6 Å². The number of rotatable bonds is 16. The monoisotopic (exact) mass is 741 g/mol. The summed E-state index contributed by atoms with van der Waals surface area (Å²) in [4.78, 5) is 0. The van der Waals surface area contributed by atoms with Gasteiger partial charge in [-0.2, -0.15) is 0 Å². The van der Waals surface area contributed by atoms with Crippen LogP contribution in [0.5, 0.6) is 11.5 Å². The SMILES string of the molecule is CC(C)(C)CC(c1ccc(OC(OCCC2CCCCC2)C23CC4CC(CC(C4)C2)C3)cc1)C(C)(C)CCC(C)(C)CC(c1ccc(O)cc1)C(C)(C)C. The van der Waals surface area contributed by atoms with E-state index in [1.54, 1.807) is 0 Å². The van der Waals surface area contributed by atoms with Crippen molar-refractivity contribution >= 4 is 0 Å². The second kappa shape index (κ2) is 16.5. The Bertz CT molecular complexity index is 1430. The van der Waals surface area contributed by atoms with E-state index in [1.165, 1.54) is 101 Å². The Labute approximate surface area is 332 Å². The molecule has 5 aliphatic carbocycles. The first-order valence-electron chi connectivity index (χ1n) is 22.5. The molecule has 0 radical (unpaired) electrons. The number of phenols is 1. The summed E-state index contributed by atoms with van der Waals surface area (Å²) in [5.41, 5.74) is 3.64. The molecule has 4 bridgehead atoms. The molecule has 5 aliphatic rings. The molecule has 0 saturated heterocycles. The molecule has 2 aromatic rings. The van der Waals surface area contributed by atoms with Gasteiger partial charge >= 0.3 is 0 Å². The van der Waals surface area contributed by atoms with Crippen LogP contribution in [-0.2, 0) is 4.74 Å². The summed E-state index contributed by atoms with van der Waals surface area (Å²) in [6, 6.07) is 17.3. The maximum atomic E-state index is 9.98. The molecule has 0 spiro atoms. The van der Waals surface area contributed by atoms with Crippen LogP contribution in [0.4, 0.5) is 0 Å². The molecule has 3 nitrogen and oxygen atoms in total. The lowest BCUT2D eigenvalue weighted by molar-refractivity contribution is -0.216. The first-order valence-corrected chi connectivity index (χ1v) is 22.5. The van der Waals surface area contributed by atoms with E-state index >= 15 is 0 Å². The molecule has 302 valence electrons. The summed E-state index contributed by atoms with van der Waals surface area (Å²) in [5.74, 6) is 5.68. The Hall–Kier alpha value is -2.00. The summed E-state index contributed by atoms with van der Waals surface area (Å²) in [5, 5.41) is 9.98. The van der Waals surface area contributed by atoms with Crippen molar-refractivity contribution in [3.05, 3.63) is 59.7 Å². The Morgan fingerprint density at radius 3 is 1.74 bits per heavy atom. The number of ether oxygens (including phenoxy) is 2. The van der Waals surface area contributed by atoms with Gasteiger partial charge in [-0.05, 0) is 163 Å². The molecule has 0 amide bonds. The maximum absolute atomic E-state index is 9.98. The molecule has 5 saturated carbocycles. The normalized spacial score (nSPS) is 26.8. The predicted molar refractivity (Wildman–Crippen MR) is 227 cm³/mol. The van der Waals surface area contributed by atoms with Crippen molar-refractivity contribution in [2.75, 3.05) is 6.61 Å². The molecular weight excluding hydrogens is 661 g/mol. The van der Waals surface area contributed by atoms with Gasteiger partial charge in [-0.1, -0.05) is 126 Å². The zero-order valence-electron chi connectivity index (χ0n) is 36.4. The summed E-state index contributed by atoms with van der Waals surface area (Å²) < 4.78 is 14.0. The predicted octanol–water partition coefficient (Wildman–Crippen LogP) is 14.9. The largest absolute Gasteiger partial charge is 0.508 e. The Balaban J connectivity index is 1.16. The fraction of sp³-hybridized carbons (Fsp3) is 0.765. The molecule has 0 aliphatic heterocycles. The van der Waals surface area contributed by atoms with Crippen LogP contribution >= 0.6 is 0 Å². The quantitative estimate of drug-likeness (QED) is 0.174. The number of hydrogen-bond donors (Lipinski definition) is 1. The zero-order valence-corrected chi connectivity index (χ0v) is 36.4. The maximum Gasteiger partial charge on any atom is 0.205 e.